The first-order valence-electron chi connectivity index (χ1n) is 3.99. The van der Waals surface area contributed by atoms with Gasteiger partial charge in [-0.25, -0.2) is 4.79 Å². The molecule has 0 saturated heterocycles. The van der Waals surface area contributed by atoms with Crippen LogP contribution in [-0.2, 0) is 9.53 Å². The fourth-order valence-corrected chi connectivity index (χ4v) is 0.624. The molecule has 0 aromatic heterocycles. The Morgan fingerprint density at radius 2 is 2.36 bits per heavy atom. The molecule has 0 aromatic rings. The van der Waals surface area contributed by atoms with Crippen molar-refractivity contribution in [3.8, 4) is 0 Å². The fourth-order valence-electron chi connectivity index (χ4n) is 0.624. The van der Waals surface area contributed by atoms with E-state index in [1.54, 1.807) is 0 Å². The Hall–Kier alpha value is -0.790. The molecule has 1 atom stereocenters. The van der Waals surface area contributed by atoms with Crippen molar-refractivity contribution >= 4 is 5.97 Å². The van der Waals surface area contributed by atoms with Crippen molar-refractivity contribution in [1.29, 1.82) is 0 Å². The first kappa shape index (κ1) is 10.2. The molecule has 0 aromatic carbocycles. The van der Waals surface area contributed by atoms with E-state index in [-0.39, 0.29) is 5.97 Å². The Labute approximate surface area is 68.2 Å². The van der Waals surface area contributed by atoms with Crippen LogP contribution < -0.4 is 0 Å². The van der Waals surface area contributed by atoms with Gasteiger partial charge < -0.3 is 4.74 Å². The second-order valence-corrected chi connectivity index (χ2v) is 2.67. The van der Waals surface area contributed by atoms with Gasteiger partial charge in [-0.3, -0.25) is 0 Å². The van der Waals surface area contributed by atoms with Crippen LogP contribution in [0.5, 0.6) is 0 Å². The molecule has 0 N–H and O–H groups in total. The maximum atomic E-state index is 10.5. The van der Waals surface area contributed by atoms with Crippen LogP contribution >= 0.6 is 0 Å². The lowest BCUT2D eigenvalue weighted by Crippen LogP contribution is -2.05. The zero-order chi connectivity index (χ0) is 8.69. The van der Waals surface area contributed by atoms with Gasteiger partial charge in [0.05, 0.1) is 6.61 Å². The normalized spacial score (nSPS) is 12.2. The van der Waals surface area contributed by atoms with Crippen molar-refractivity contribution in [3.63, 3.8) is 0 Å². The minimum Gasteiger partial charge on any atom is -0.463 e. The van der Waals surface area contributed by atoms with E-state index in [2.05, 4.69) is 20.4 Å². The molecule has 1 unspecified atom stereocenters. The summed E-state index contributed by atoms with van der Waals surface area (Å²) >= 11 is 0. The van der Waals surface area contributed by atoms with Crippen LogP contribution in [0.3, 0.4) is 0 Å². The lowest BCUT2D eigenvalue weighted by molar-refractivity contribution is -0.138. The van der Waals surface area contributed by atoms with Gasteiger partial charge in [0.1, 0.15) is 0 Å². The maximum absolute atomic E-state index is 10.5. The van der Waals surface area contributed by atoms with Crippen molar-refractivity contribution in [2.75, 3.05) is 6.61 Å². The van der Waals surface area contributed by atoms with Crippen molar-refractivity contribution in [2.45, 2.75) is 26.7 Å². The van der Waals surface area contributed by atoms with Crippen molar-refractivity contribution in [1.82, 2.24) is 0 Å². The summed E-state index contributed by atoms with van der Waals surface area (Å²) in [5.74, 6) is 0.306. The highest BCUT2D eigenvalue weighted by atomic mass is 16.5. The fraction of sp³-hybridized carbons (Fsp3) is 0.667. The van der Waals surface area contributed by atoms with Crippen LogP contribution in [0.4, 0.5) is 0 Å². The third kappa shape index (κ3) is 5.64. The lowest BCUT2D eigenvalue weighted by Gasteiger charge is -2.06. The first-order chi connectivity index (χ1) is 5.20. The lowest BCUT2D eigenvalue weighted by atomic mass is 10.1. The predicted octanol–water partition coefficient (Wildman–Crippen LogP) is 2.15. The summed E-state index contributed by atoms with van der Waals surface area (Å²) in [6.45, 7) is 8.08. The Morgan fingerprint density at radius 3 is 2.82 bits per heavy atom. The Kier molecular flexibility index (Phi) is 5.53. The highest BCUT2D eigenvalue weighted by Gasteiger charge is 1.99. The van der Waals surface area contributed by atoms with Gasteiger partial charge in [0.15, 0.2) is 0 Å². The highest BCUT2D eigenvalue weighted by Crippen LogP contribution is 2.05. The molecular weight excluding hydrogens is 140 g/mol. The number of hydrogen-bond donors (Lipinski definition) is 0. The third-order valence-electron chi connectivity index (χ3n) is 1.72. The molecule has 0 aliphatic rings. The average molecular weight is 156 g/mol. The molecule has 0 saturated carbocycles. The number of ether oxygens (including phenoxy) is 1. The topological polar surface area (TPSA) is 26.3 Å². The molecule has 2 nitrogen and oxygen atoms in total. The number of carbonyl (C=O) groups is 1. The van der Waals surface area contributed by atoms with Crippen molar-refractivity contribution in [3.05, 3.63) is 12.7 Å². The zero-order valence-corrected chi connectivity index (χ0v) is 7.30. The number of rotatable bonds is 5. The molecule has 0 aliphatic carbocycles. The molecule has 0 heterocycles. The van der Waals surface area contributed by atoms with E-state index < -0.39 is 0 Å². The van der Waals surface area contributed by atoms with Gasteiger partial charge >= 0.3 is 5.97 Å². The summed E-state index contributed by atoms with van der Waals surface area (Å²) in [7, 11) is 0. The number of carbonyl (C=O) groups excluding carboxylic acids is 1. The molecule has 0 radical (unpaired) electrons. The molecular formula is C9H16O2. The SMILES string of the molecule is C=CC(=O)OCCC(C)CC. The standard InChI is InChI=1S/C9H16O2/c1-4-8(3)6-7-11-9(10)5-2/h5,8H,2,4,6-7H2,1,3H3. The van der Waals surface area contributed by atoms with Gasteiger partial charge in [-0.1, -0.05) is 26.8 Å². The van der Waals surface area contributed by atoms with Gasteiger partial charge in [0, 0.05) is 6.08 Å². The van der Waals surface area contributed by atoms with Crippen LogP contribution in [0.2, 0.25) is 0 Å². The molecule has 0 rings (SSSR count). The summed E-state index contributed by atoms with van der Waals surface area (Å²) in [6, 6.07) is 0. The van der Waals surface area contributed by atoms with Gasteiger partial charge in [-0.05, 0) is 12.3 Å². The molecule has 64 valence electrons. The van der Waals surface area contributed by atoms with Crippen LogP contribution in [0.15, 0.2) is 12.7 Å². The monoisotopic (exact) mass is 156 g/mol. The number of hydrogen-bond acceptors (Lipinski definition) is 2. The molecule has 0 amide bonds. The van der Waals surface area contributed by atoms with Crippen LogP contribution in [0, 0.1) is 5.92 Å². The summed E-state index contributed by atoms with van der Waals surface area (Å²) in [4.78, 5) is 10.5. The second kappa shape index (κ2) is 5.96. The first-order valence-corrected chi connectivity index (χ1v) is 3.99. The molecule has 2 heteroatoms. The molecule has 0 spiro atoms. The van der Waals surface area contributed by atoms with Gasteiger partial charge in [-0.2, -0.15) is 0 Å². The summed E-state index contributed by atoms with van der Waals surface area (Å²) in [5, 5.41) is 0. The van der Waals surface area contributed by atoms with E-state index in [9.17, 15) is 4.79 Å². The van der Waals surface area contributed by atoms with E-state index >= 15 is 0 Å². The van der Waals surface area contributed by atoms with Gasteiger partial charge in [-0.15, -0.1) is 0 Å². The summed E-state index contributed by atoms with van der Waals surface area (Å²) in [6.07, 6.45) is 3.26. The van der Waals surface area contributed by atoms with Gasteiger partial charge in [0.2, 0.25) is 0 Å². The molecule has 0 fully saturated rings. The Morgan fingerprint density at radius 1 is 1.73 bits per heavy atom. The molecule has 11 heavy (non-hydrogen) atoms. The predicted molar refractivity (Wildman–Crippen MR) is 45.2 cm³/mol. The van der Waals surface area contributed by atoms with E-state index in [0.29, 0.717) is 12.5 Å². The van der Waals surface area contributed by atoms with Crippen LogP contribution in [0.25, 0.3) is 0 Å². The third-order valence-corrected chi connectivity index (χ3v) is 1.72. The quantitative estimate of drug-likeness (QED) is 0.450. The maximum Gasteiger partial charge on any atom is 0.330 e. The molecule has 0 bridgehead atoms. The Bertz CT molecular complexity index is 130. The Balaban J connectivity index is 3.26. The summed E-state index contributed by atoms with van der Waals surface area (Å²) in [5.41, 5.74) is 0. The minimum atomic E-state index is -0.326. The van der Waals surface area contributed by atoms with Crippen molar-refractivity contribution in [2.24, 2.45) is 5.92 Å². The number of esters is 1. The van der Waals surface area contributed by atoms with E-state index in [0.717, 1.165) is 12.8 Å². The zero-order valence-electron chi connectivity index (χ0n) is 7.30. The summed E-state index contributed by atoms with van der Waals surface area (Å²) < 4.78 is 4.81. The second-order valence-electron chi connectivity index (χ2n) is 2.67. The molecule has 0 aliphatic heterocycles. The highest BCUT2D eigenvalue weighted by molar-refractivity contribution is 5.81. The van der Waals surface area contributed by atoms with E-state index in [4.69, 9.17) is 4.74 Å². The van der Waals surface area contributed by atoms with Crippen molar-refractivity contribution < 1.29 is 9.53 Å². The average Bonchev–Trinajstić information content (AvgIpc) is 2.04. The van der Waals surface area contributed by atoms with E-state index in [1.165, 1.54) is 6.08 Å². The van der Waals surface area contributed by atoms with Crippen LogP contribution in [0.1, 0.15) is 26.7 Å². The smallest absolute Gasteiger partial charge is 0.330 e. The van der Waals surface area contributed by atoms with Crippen LogP contribution in [-0.4, -0.2) is 12.6 Å². The van der Waals surface area contributed by atoms with E-state index in [1.807, 2.05) is 0 Å². The minimum absolute atomic E-state index is 0.326. The van der Waals surface area contributed by atoms with Gasteiger partial charge in [0.25, 0.3) is 0 Å². The largest absolute Gasteiger partial charge is 0.463 e.